The molecule has 0 aliphatic heterocycles. The van der Waals surface area contributed by atoms with E-state index in [1.165, 1.54) is 0 Å². The number of hydrogen-bond donors (Lipinski definition) is 1. The molecule has 1 aromatic rings. The maximum atomic E-state index is 12.1. The van der Waals surface area contributed by atoms with Crippen LogP contribution in [-0.2, 0) is 5.41 Å². The molecule has 0 atom stereocenters. The van der Waals surface area contributed by atoms with Crippen molar-refractivity contribution in [2.45, 2.75) is 39.0 Å². The summed E-state index contributed by atoms with van der Waals surface area (Å²) in [5.74, 6) is 1.05. The zero-order valence-electron chi connectivity index (χ0n) is 12.6. The molecule has 0 aliphatic carbocycles. The minimum absolute atomic E-state index is 0.0797. The van der Waals surface area contributed by atoms with Gasteiger partial charge in [-0.05, 0) is 37.0 Å². The van der Waals surface area contributed by atoms with Crippen molar-refractivity contribution >= 4 is 29.3 Å². The molecule has 0 saturated heterocycles. The van der Waals surface area contributed by atoms with Gasteiger partial charge in [0.2, 0.25) is 0 Å². The maximum Gasteiger partial charge on any atom is 0.251 e. The molecule has 0 fully saturated rings. The summed E-state index contributed by atoms with van der Waals surface area (Å²) in [5.41, 5.74) is 1.29. The van der Waals surface area contributed by atoms with Gasteiger partial charge in [-0.1, -0.05) is 32.4 Å². The Labute approximate surface area is 130 Å². The average molecular weight is 315 g/mol. The summed E-state index contributed by atoms with van der Waals surface area (Å²) in [4.78, 5) is 16.4. The lowest BCUT2D eigenvalue weighted by atomic mass is 9.91. The summed E-state index contributed by atoms with van der Waals surface area (Å²) in [6.45, 7) is 6.85. The minimum Gasteiger partial charge on any atom is -0.352 e. The zero-order chi connectivity index (χ0) is 15.2. The first kappa shape index (κ1) is 17.3. The van der Waals surface area contributed by atoms with E-state index in [1.54, 1.807) is 6.07 Å². The molecule has 3 nitrogen and oxygen atoms in total. The monoisotopic (exact) mass is 314 g/mol. The Balaban J connectivity index is 2.66. The molecule has 20 heavy (non-hydrogen) atoms. The van der Waals surface area contributed by atoms with Crippen molar-refractivity contribution in [3.63, 3.8) is 0 Å². The molecule has 1 amide bonds. The van der Waals surface area contributed by atoms with Crippen molar-refractivity contribution in [1.82, 2.24) is 10.3 Å². The van der Waals surface area contributed by atoms with Crippen LogP contribution in [0.5, 0.6) is 0 Å². The molecule has 0 unspecified atom stereocenters. The molecule has 0 bridgehead atoms. The van der Waals surface area contributed by atoms with E-state index in [0.29, 0.717) is 17.3 Å². The van der Waals surface area contributed by atoms with E-state index in [9.17, 15) is 4.79 Å². The lowest BCUT2D eigenvalue weighted by Gasteiger charge is -2.18. The number of carbonyl (C=O) groups excluding carboxylic acids is 1. The summed E-state index contributed by atoms with van der Waals surface area (Å²) < 4.78 is 0. The Kier molecular flexibility index (Phi) is 6.83. The van der Waals surface area contributed by atoms with E-state index >= 15 is 0 Å². The molecular formula is C15H23ClN2OS. The lowest BCUT2D eigenvalue weighted by Crippen LogP contribution is -2.25. The third-order valence-corrected chi connectivity index (χ3v) is 3.78. The quantitative estimate of drug-likeness (QED) is 0.639. The van der Waals surface area contributed by atoms with Gasteiger partial charge in [0.25, 0.3) is 5.91 Å². The number of pyridine rings is 1. The van der Waals surface area contributed by atoms with E-state index < -0.39 is 0 Å². The Morgan fingerprint density at radius 2 is 2.05 bits per heavy atom. The molecule has 1 aromatic heterocycles. The molecular weight excluding hydrogens is 292 g/mol. The van der Waals surface area contributed by atoms with Crippen LogP contribution < -0.4 is 5.32 Å². The predicted molar refractivity (Wildman–Crippen MR) is 87.9 cm³/mol. The number of thioether (sulfide) groups is 1. The Morgan fingerprint density at radius 3 is 2.65 bits per heavy atom. The van der Waals surface area contributed by atoms with E-state index in [4.69, 9.17) is 11.6 Å². The van der Waals surface area contributed by atoms with Gasteiger partial charge in [0.05, 0.1) is 0 Å². The highest BCUT2D eigenvalue weighted by Gasteiger charge is 2.18. The highest BCUT2D eigenvalue weighted by atomic mass is 35.5. The van der Waals surface area contributed by atoms with Gasteiger partial charge in [-0.25, -0.2) is 4.98 Å². The van der Waals surface area contributed by atoms with Crippen molar-refractivity contribution < 1.29 is 4.79 Å². The largest absolute Gasteiger partial charge is 0.352 e. The first-order valence-corrected chi connectivity index (χ1v) is 8.57. The second-order valence-electron chi connectivity index (χ2n) is 5.77. The number of hydrogen-bond acceptors (Lipinski definition) is 3. The lowest BCUT2D eigenvalue weighted by molar-refractivity contribution is 0.0953. The van der Waals surface area contributed by atoms with Gasteiger partial charge in [-0.3, -0.25) is 4.79 Å². The third-order valence-electron chi connectivity index (χ3n) is 2.89. The summed E-state index contributed by atoms with van der Waals surface area (Å²) in [7, 11) is 0. The van der Waals surface area contributed by atoms with Crippen LogP contribution in [0.25, 0.3) is 0 Å². The fourth-order valence-electron chi connectivity index (χ4n) is 1.69. The molecule has 1 heterocycles. The number of nitrogens with zero attached hydrogens (tertiary/aromatic N) is 1. The standard InChI is InChI=1S/C15H23ClN2OS/c1-15(2,3)12-9-11(10-13(16)18-12)14(19)17-7-5-6-8-20-4/h9-10H,5-8H2,1-4H3,(H,17,19). The Hall–Kier alpha value is -0.740. The molecule has 0 aliphatic rings. The van der Waals surface area contributed by atoms with Crippen LogP contribution in [0.15, 0.2) is 12.1 Å². The molecule has 0 spiro atoms. The molecule has 0 saturated carbocycles. The van der Waals surface area contributed by atoms with Crippen molar-refractivity contribution in [2.75, 3.05) is 18.6 Å². The van der Waals surface area contributed by atoms with Gasteiger partial charge >= 0.3 is 0 Å². The molecule has 0 aromatic carbocycles. The van der Waals surface area contributed by atoms with Crippen LogP contribution >= 0.6 is 23.4 Å². The minimum atomic E-state index is -0.127. The first-order valence-electron chi connectivity index (χ1n) is 6.80. The van der Waals surface area contributed by atoms with Crippen molar-refractivity contribution in [1.29, 1.82) is 0 Å². The van der Waals surface area contributed by atoms with Crippen LogP contribution in [0.2, 0.25) is 5.15 Å². The topological polar surface area (TPSA) is 42.0 Å². The van der Waals surface area contributed by atoms with Crippen LogP contribution in [0.4, 0.5) is 0 Å². The highest BCUT2D eigenvalue weighted by molar-refractivity contribution is 7.98. The average Bonchev–Trinajstić information content (AvgIpc) is 2.36. The second-order valence-corrected chi connectivity index (χ2v) is 7.14. The zero-order valence-corrected chi connectivity index (χ0v) is 14.2. The van der Waals surface area contributed by atoms with Crippen LogP contribution in [0, 0.1) is 0 Å². The summed E-state index contributed by atoms with van der Waals surface area (Å²) in [5, 5.41) is 3.29. The van der Waals surface area contributed by atoms with E-state index in [-0.39, 0.29) is 11.3 Å². The smallest absolute Gasteiger partial charge is 0.251 e. The molecule has 0 radical (unpaired) electrons. The Bertz CT molecular complexity index is 458. The molecule has 112 valence electrons. The number of nitrogens with one attached hydrogen (secondary N) is 1. The third kappa shape index (κ3) is 5.71. The van der Waals surface area contributed by atoms with Gasteiger partial charge in [-0.2, -0.15) is 11.8 Å². The molecule has 1 N–H and O–H groups in total. The predicted octanol–water partition coefficient (Wildman–Crippen LogP) is 3.91. The maximum absolute atomic E-state index is 12.1. The van der Waals surface area contributed by atoms with E-state index in [0.717, 1.165) is 24.3 Å². The highest BCUT2D eigenvalue weighted by Crippen LogP contribution is 2.23. The SMILES string of the molecule is CSCCCCNC(=O)c1cc(Cl)nc(C(C)(C)C)c1. The summed E-state index contributed by atoms with van der Waals surface area (Å²) >= 11 is 7.83. The van der Waals surface area contributed by atoms with Gasteiger partial charge in [0, 0.05) is 23.2 Å². The molecule has 1 rings (SSSR count). The first-order chi connectivity index (χ1) is 9.34. The molecule has 5 heteroatoms. The van der Waals surface area contributed by atoms with Crippen LogP contribution in [-0.4, -0.2) is 29.4 Å². The number of amides is 1. The summed E-state index contributed by atoms with van der Waals surface area (Å²) in [6, 6.07) is 3.44. The Morgan fingerprint density at radius 1 is 1.35 bits per heavy atom. The van der Waals surface area contributed by atoms with Crippen molar-refractivity contribution in [3.8, 4) is 0 Å². The number of aromatic nitrogens is 1. The van der Waals surface area contributed by atoms with Crippen molar-refractivity contribution in [2.24, 2.45) is 0 Å². The van der Waals surface area contributed by atoms with Crippen LogP contribution in [0.1, 0.15) is 49.7 Å². The van der Waals surface area contributed by atoms with Gasteiger partial charge in [-0.15, -0.1) is 0 Å². The number of unbranched alkanes of at least 4 members (excludes halogenated alkanes) is 1. The number of rotatable bonds is 6. The second kappa shape index (κ2) is 7.89. The fourth-order valence-corrected chi connectivity index (χ4v) is 2.39. The van der Waals surface area contributed by atoms with Crippen molar-refractivity contribution in [3.05, 3.63) is 28.5 Å². The van der Waals surface area contributed by atoms with E-state index in [1.807, 2.05) is 17.8 Å². The normalized spacial score (nSPS) is 11.4. The van der Waals surface area contributed by atoms with Gasteiger partial charge < -0.3 is 5.32 Å². The van der Waals surface area contributed by atoms with Crippen LogP contribution in [0.3, 0.4) is 0 Å². The summed E-state index contributed by atoms with van der Waals surface area (Å²) in [6.07, 6.45) is 4.20. The van der Waals surface area contributed by atoms with E-state index in [2.05, 4.69) is 37.3 Å². The van der Waals surface area contributed by atoms with Gasteiger partial charge in [0.15, 0.2) is 0 Å². The van der Waals surface area contributed by atoms with Gasteiger partial charge in [0.1, 0.15) is 5.15 Å². The number of halogens is 1. The fraction of sp³-hybridized carbons (Fsp3) is 0.600. The number of carbonyl (C=O) groups is 1.